The van der Waals surface area contributed by atoms with Crippen molar-refractivity contribution in [1.82, 2.24) is 0 Å². The van der Waals surface area contributed by atoms with Gasteiger partial charge in [0.05, 0.1) is 20.9 Å². The van der Waals surface area contributed by atoms with Crippen molar-refractivity contribution in [2.75, 3.05) is 11.5 Å². The molecule has 0 aromatic heterocycles. The third-order valence-corrected chi connectivity index (χ3v) is 7.35. The first kappa shape index (κ1) is 23.5. The number of nitrogen functional groups attached to an aromatic ring is 2. The maximum atomic E-state index is 14.0. The number of carboxylic acid groups (broad SMARTS) is 2. The fourth-order valence-corrected chi connectivity index (χ4v) is 5.35. The number of hydrogen-bond donors (Lipinski definition) is 4. The zero-order chi connectivity index (χ0) is 25.3. The third kappa shape index (κ3) is 4.57. The second kappa shape index (κ2) is 8.96. The minimum atomic E-state index is -4.25. The van der Waals surface area contributed by atoms with Crippen molar-refractivity contribution in [3.05, 3.63) is 96.1 Å². The molecule has 4 aromatic rings. The maximum Gasteiger partial charge on any atom is 0.335 e. The summed E-state index contributed by atoms with van der Waals surface area (Å²) in [7, 11) is -4.25. The van der Waals surface area contributed by atoms with Crippen molar-refractivity contribution in [1.29, 1.82) is 0 Å². The Morgan fingerprint density at radius 1 is 0.571 bits per heavy atom. The number of sulfone groups is 1. The molecule has 35 heavy (non-hydrogen) atoms. The van der Waals surface area contributed by atoms with Gasteiger partial charge in [-0.05, 0) is 71.8 Å². The predicted molar refractivity (Wildman–Crippen MR) is 132 cm³/mol. The molecular weight excluding hydrogens is 468 g/mol. The normalized spacial score (nSPS) is 11.2. The Bertz CT molecular complexity index is 1450. The largest absolute Gasteiger partial charge is 0.478 e. The average molecular weight is 489 g/mol. The SMILES string of the molecule is Nc1ccc(-c2cc(C(=O)O)ccc2S(=O)(=O)c2ccc(C(=O)O)cc2-c2ccc(N)cc2)cc1. The highest BCUT2D eigenvalue weighted by Gasteiger charge is 2.27. The Hall–Kier alpha value is -4.63. The van der Waals surface area contributed by atoms with Crippen LogP contribution in [0.4, 0.5) is 11.4 Å². The van der Waals surface area contributed by atoms with Crippen molar-refractivity contribution in [3.63, 3.8) is 0 Å². The van der Waals surface area contributed by atoms with Crippen molar-refractivity contribution in [2.24, 2.45) is 0 Å². The summed E-state index contributed by atoms with van der Waals surface area (Å²) in [6.45, 7) is 0. The lowest BCUT2D eigenvalue weighted by molar-refractivity contribution is 0.0686. The second-order valence-electron chi connectivity index (χ2n) is 7.78. The Balaban J connectivity index is 2.00. The minimum Gasteiger partial charge on any atom is -0.478 e. The summed E-state index contributed by atoms with van der Waals surface area (Å²) >= 11 is 0. The minimum absolute atomic E-state index is 0.0873. The molecule has 0 heterocycles. The Kier molecular flexibility index (Phi) is 6.02. The van der Waals surface area contributed by atoms with E-state index in [1.807, 2.05) is 0 Å². The van der Waals surface area contributed by atoms with Crippen molar-refractivity contribution in [3.8, 4) is 22.3 Å². The lowest BCUT2D eigenvalue weighted by Gasteiger charge is -2.16. The molecule has 0 aliphatic rings. The maximum absolute atomic E-state index is 14.0. The van der Waals surface area contributed by atoms with Crippen LogP contribution < -0.4 is 11.5 Å². The van der Waals surface area contributed by atoms with Gasteiger partial charge in [-0.15, -0.1) is 0 Å². The molecule has 6 N–H and O–H groups in total. The van der Waals surface area contributed by atoms with Crippen molar-refractivity contribution in [2.45, 2.75) is 9.79 Å². The molecule has 9 heteroatoms. The van der Waals surface area contributed by atoms with E-state index in [1.54, 1.807) is 48.5 Å². The molecule has 4 aromatic carbocycles. The summed E-state index contributed by atoms with van der Waals surface area (Å²) in [5.74, 6) is -2.42. The quantitative estimate of drug-likeness (QED) is 0.290. The van der Waals surface area contributed by atoms with Gasteiger partial charge in [-0.25, -0.2) is 18.0 Å². The number of carbonyl (C=O) groups is 2. The summed E-state index contributed by atoms with van der Waals surface area (Å²) < 4.78 is 27.9. The first-order valence-corrected chi connectivity index (χ1v) is 11.8. The van der Waals surface area contributed by atoms with Crippen LogP contribution >= 0.6 is 0 Å². The van der Waals surface area contributed by atoms with Crippen LogP contribution in [-0.2, 0) is 9.84 Å². The van der Waals surface area contributed by atoms with Gasteiger partial charge >= 0.3 is 11.9 Å². The van der Waals surface area contributed by atoms with Crippen LogP contribution in [0.3, 0.4) is 0 Å². The molecule has 0 unspecified atom stereocenters. The molecular formula is C26H20N2O6S. The van der Waals surface area contributed by atoms with E-state index < -0.39 is 21.8 Å². The second-order valence-corrected chi connectivity index (χ2v) is 9.67. The molecule has 176 valence electrons. The van der Waals surface area contributed by atoms with Gasteiger partial charge in [0, 0.05) is 22.5 Å². The van der Waals surface area contributed by atoms with Crippen LogP contribution in [0, 0.1) is 0 Å². The number of rotatable bonds is 6. The highest BCUT2D eigenvalue weighted by Crippen LogP contribution is 2.37. The summed E-state index contributed by atoms with van der Waals surface area (Å²) in [5.41, 5.74) is 13.5. The fraction of sp³-hybridized carbons (Fsp3) is 0. The van der Waals surface area contributed by atoms with E-state index in [0.717, 1.165) is 0 Å². The molecule has 0 amide bonds. The Morgan fingerprint density at radius 2 is 0.914 bits per heavy atom. The van der Waals surface area contributed by atoms with E-state index in [4.69, 9.17) is 11.5 Å². The van der Waals surface area contributed by atoms with Gasteiger partial charge in [0.2, 0.25) is 9.84 Å². The highest BCUT2D eigenvalue weighted by atomic mass is 32.2. The van der Waals surface area contributed by atoms with Gasteiger partial charge in [0.1, 0.15) is 0 Å². The molecule has 0 saturated carbocycles. The molecule has 0 spiro atoms. The standard InChI is InChI=1S/C26H20N2O6S/c27-19-7-1-15(2-8-19)21-13-17(25(29)30)5-11-23(21)35(33,34)24-12-6-18(26(31)32)14-22(24)16-3-9-20(28)10-4-16/h1-14H,27-28H2,(H,29,30)(H,31,32). The van der Waals surface area contributed by atoms with Gasteiger partial charge in [0.15, 0.2) is 0 Å². The zero-order valence-corrected chi connectivity index (χ0v) is 19.0. The van der Waals surface area contributed by atoms with E-state index in [1.165, 1.54) is 36.4 Å². The summed E-state index contributed by atoms with van der Waals surface area (Å²) in [5, 5.41) is 18.9. The van der Waals surface area contributed by atoms with Gasteiger partial charge in [-0.3, -0.25) is 0 Å². The van der Waals surface area contributed by atoms with E-state index in [0.29, 0.717) is 22.5 Å². The number of nitrogens with two attached hydrogens (primary N) is 2. The number of carboxylic acids is 2. The van der Waals surface area contributed by atoms with E-state index >= 15 is 0 Å². The number of hydrogen-bond acceptors (Lipinski definition) is 6. The topological polar surface area (TPSA) is 161 Å². The Morgan fingerprint density at radius 3 is 1.23 bits per heavy atom. The van der Waals surface area contributed by atoms with E-state index in [2.05, 4.69) is 0 Å². The van der Waals surface area contributed by atoms with Crippen LogP contribution in [0.25, 0.3) is 22.3 Å². The molecule has 8 nitrogen and oxygen atoms in total. The van der Waals surface area contributed by atoms with Crippen LogP contribution in [0.2, 0.25) is 0 Å². The molecule has 0 aliphatic heterocycles. The average Bonchev–Trinajstić information content (AvgIpc) is 2.84. The van der Waals surface area contributed by atoms with Crippen molar-refractivity contribution < 1.29 is 28.2 Å². The van der Waals surface area contributed by atoms with Gasteiger partial charge in [0.25, 0.3) is 0 Å². The monoisotopic (exact) mass is 488 g/mol. The van der Waals surface area contributed by atoms with Gasteiger partial charge < -0.3 is 21.7 Å². The molecule has 0 fully saturated rings. The van der Waals surface area contributed by atoms with E-state index in [-0.39, 0.29) is 32.0 Å². The molecule has 0 bridgehead atoms. The van der Waals surface area contributed by atoms with Crippen LogP contribution in [0.15, 0.2) is 94.7 Å². The van der Waals surface area contributed by atoms with Crippen molar-refractivity contribution >= 4 is 33.2 Å². The summed E-state index contributed by atoms with van der Waals surface area (Å²) in [6, 6.07) is 20.2. The summed E-state index contributed by atoms with van der Waals surface area (Å²) in [4.78, 5) is 22.9. The molecule has 0 saturated heterocycles. The first-order valence-electron chi connectivity index (χ1n) is 10.3. The smallest absolute Gasteiger partial charge is 0.335 e. The lowest BCUT2D eigenvalue weighted by Crippen LogP contribution is -2.09. The van der Waals surface area contributed by atoms with Crippen LogP contribution in [-0.4, -0.2) is 30.6 Å². The fourth-order valence-electron chi connectivity index (χ4n) is 3.69. The predicted octanol–water partition coefficient (Wildman–Crippen LogP) is 4.41. The van der Waals surface area contributed by atoms with Gasteiger partial charge in [-0.1, -0.05) is 24.3 Å². The van der Waals surface area contributed by atoms with Crippen LogP contribution in [0.5, 0.6) is 0 Å². The molecule has 4 rings (SSSR count). The van der Waals surface area contributed by atoms with E-state index in [9.17, 15) is 28.2 Å². The summed E-state index contributed by atoms with van der Waals surface area (Å²) in [6.07, 6.45) is 0. The number of aromatic carboxylic acids is 2. The lowest BCUT2D eigenvalue weighted by atomic mass is 10.0. The number of anilines is 2. The zero-order valence-electron chi connectivity index (χ0n) is 18.2. The molecule has 0 radical (unpaired) electrons. The van der Waals surface area contributed by atoms with Gasteiger partial charge in [-0.2, -0.15) is 0 Å². The molecule has 0 atom stereocenters. The highest BCUT2D eigenvalue weighted by molar-refractivity contribution is 7.91. The van der Waals surface area contributed by atoms with Crippen LogP contribution in [0.1, 0.15) is 20.7 Å². The Labute approximate surface area is 201 Å². The molecule has 0 aliphatic carbocycles. The first-order chi connectivity index (χ1) is 16.6. The number of benzene rings is 4. The third-order valence-electron chi connectivity index (χ3n) is 5.48.